The molecule has 17 heavy (non-hydrogen) atoms. The summed E-state index contributed by atoms with van der Waals surface area (Å²) in [7, 11) is 0. The van der Waals surface area contributed by atoms with Crippen LogP contribution in [0, 0.1) is 5.92 Å². The summed E-state index contributed by atoms with van der Waals surface area (Å²) >= 11 is 0. The smallest absolute Gasteiger partial charge is 0.253 e. The number of hydrogen-bond donors (Lipinski definition) is 2. The fraction of sp³-hybridized carbons (Fsp3) is 0.538. The van der Waals surface area contributed by atoms with Crippen LogP contribution in [0.4, 0.5) is 5.82 Å². The minimum atomic E-state index is -0.0895. The van der Waals surface area contributed by atoms with Gasteiger partial charge in [-0.1, -0.05) is 20.3 Å². The van der Waals surface area contributed by atoms with Gasteiger partial charge in [0.15, 0.2) is 0 Å². The monoisotopic (exact) mass is 235 g/mol. The Morgan fingerprint density at radius 1 is 1.47 bits per heavy atom. The van der Waals surface area contributed by atoms with Crippen LogP contribution in [0.1, 0.15) is 44.0 Å². The Bertz CT molecular complexity index is 361. The molecule has 2 atom stereocenters. The van der Waals surface area contributed by atoms with Crippen LogP contribution in [0.15, 0.2) is 18.3 Å². The SMILES string of the molecule is CCC(C)CC(C)NC(=O)c1ccc(N)nc1. The van der Waals surface area contributed by atoms with E-state index in [9.17, 15) is 4.79 Å². The number of aromatic nitrogens is 1. The fourth-order valence-electron chi connectivity index (χ4n) is 1.68. The van der Waals surface area contributed by atoms with Crippen LogP contribution in [-0.4, -0.2) is 16.9 Å². The van der Waals surface area contributed by atoms with Crippen molar-refractivity contribution in [3.8, 4) is 0 Å². The van der Waals surface area contributed by atoms with Crippen LogP contribution in [-0.2, 0) is 0 Å². The molecule has 0 saturated carbocycles. The van der Waals surface area contributed by atoms with Crippen molar-refractivity contribution in [1.29, 1.82) is 0 Å². The van der Waals surface area contributed by atoms with Gasteiger partial charge in [0.25, 0.3) is 5.91 Å². The highest BCUT2D eigenvalue weighted by molar-refractivity contribution is 5.94. The molecule has 0 fully saturated rings. The summed E-state index contributed by atoms with van der Waals surface area (Å²) in [6, 6.07) is 3.50. The molecule has 4 heteroatoms. The Labute approximate surface area is 103 Å². The summed E-state index contributed by atoms with van der Waals surface area (Å²) < 4.78 is 0. The zero-order chi connectivity index (χ0) is 12.8. The van der Waals surface area contributed by atoms with Crippen molar-refractivity contribution < 1.29 is 4.79 Å². The largest absolute Gasteiger partial charge is 0.384 e. The lowest BCUT2D eigenvalue weighted by Gasteiger charge is -2.17. The molecule has 0 aliphatic carbocycles. The van der Waals surface area contributed by atoms with E-state index >= 15 is 0 Å². The van der Waals surface area contributed by atoms with Crippen LogP contribution >= 0.6 is 0 Å². The molecule has 0 bridgehead atoms. The molecular formula is C13H21N3O. The number of nitrogens with two attached hydrogens (primary N) is 1. The number of rotatable bonds is 5. The van der Waals surface area contributed by atoms with Gasteiger partial charge in [-0.05, 0) is 31.4 Å². The summed E-state index contributed by atoms with van der Waals surface area (Å²) in [4.78, 5) is 15.7. The van der Waals surface area contributed by atoms with Crippen molar-refractivity contribution in [1.82, 2.24) is 10.3 Å². The maximum atomic E-state index is 11.8. The number of nitrogen functional groups attached to an aromatic ring is 1. The molecule has 0 aliphatic heterocycles. The lowest BCUT2D eigenvalue weighted by Crippen LogP contribution is -2.33. The van der Waals surface area contributed by atoms with Crippen molar-refractivity contribution in [3.63, 3.8) is 0 Å². The van der Waals surface area contributed by atoms with E-state index in [0.717, 1.165) is 12.8 Å². The van der Waals surface area contributed by atoms with Gasteiger partial charge in [0.1, 0.15) is 5.82 Å². The maximum Gasteiger partial charge on any atom is 0.253 e. The lowest BCUT2D eigenvalue weighted by atomic mass is 10.0. The quantitative estimate of drug-likeness (QED) is 0.822. The normalized spacial score (nSPS) is 14.1. The third-order valence-electron chi connectivity index (χ3n) is 2.88. The molecule has 0 aromatic carbocycles. The molecule has 4 nitrogen and oxygen atoms in total. The number of hydrogen-bond acceptors (Lipinski definition) is 3. The van der Waals surface area contributed by atoms with Gasteiger partial charge in [-0.2, -0.15) is 0 Å². The number of nitrogens with zero attached hydrogens (tertiary/aromatic N) is 1. The first kappa shape index (κ1) is 13.5. The van der Waals surface area contributed by atoms with E-state index in [-0.39, 0.29) is 11.9 Å². The number of carbonyl (C=O) groups excluding carboxylic acids is 1. The summed E-state index contributed by atoms with van der Waals surface area (Å²) in [6.45, 7) is 6.37. The summed E-state index contributed by atoms with van der Waals surface area (Å²) in [5, 5.41) is 2.96. The topological polar surface area (TPSA) is 68.0 Å². The summed E-state index contributed by atoms with van der Waals surface area (Å²) in [5.41, 5.74) is 6.02. The van der Waals surface area contributed by atoms with Gasteiger partial charge in [0, 0.05) is 12.2 Å². The second-order valence-electron chi connectivity index (χ2n) is 4.60. The van der Waals surface area contributed by atoms with Gasteiger partial charge in [-0.25, -0.2) is 4.98 Å². The van der Waals surface area contributed by atoms with Gasteiger partial charge < -0.3 is 11.1 Å². The van der Waals surface area contributed by atoms with Gasteiger partial charge in [0.05, 0.1) is 5.56 Å². The molecule has 0 saturated heterocycles. The van der Waals surface area contributed by atoms with Crippen molar-refractivity contribution in [2.45, 2.75) is 39.7 Å². The first-order valence-electron chi connectivity index (χ1n) is 6.05. The van der Waals surface area contributed by atoms with E-state index in [1.165, 1.54) is 6.20 Å². The first-order valence-corrected chi connectivity index (χ1v) is 6.05. The molecule has 0 aliphatic rings. The van der Waals surface area contributed by atoms with Crippen LogP contribution < -0.4 is 11.1 Å². The summed E-state index contributed by atoms with van der Waals surface area (Å²) in [5.74, 6) is 0.956. The first-order chi connectivity index (χ1) is 8.02. The Hall–Kier alpha value is -1.58. The van der Waals surface area contributed by atoms with E-state index < -0.39 is 0 Å². The maximum absolute atomic E-state index is 11.8. The second-order valence-corrected chi connectivity index (χ2v) is 4.60. The highest BCUT2D eigenvalue weighted by Crippen LogP contribution is 2.10. The molecular weight excluding hydrogens is 214 g/mol. The molecule has 0 radical (unpaired) electrons. The molecule has 3 N–H and O–H groups in total. The van der Waals surface area contributed by atoms with Gasteiger partial charge in [0.2, 0.25) is 0 Å². The number of nitrogens with one attached hydrogen (secondary N) is 1. The molecule has 1 aromatic rings. The Morgan fingerprint density at radius 2 is 2.18 bits per heavy atom. The third kappa shape index (κ3) is 4.43. The molecule has 94 valence electrons. The van der Waals surface area contributed by atoms with Crippen LogP contribution in [0.3, 0.4) is 0 Å². The standard InChI is InChI=1S/C13H21N3O/c1-4-9(2)7-10(3)16-13(17)11-5-6-12(14)15-8-11/h5-6,8-10H,4,7H2,1-3H3,(H2,14,15)(H,16,17). The van der Waals surface area contributed by atoms with Gasteiger partial charge in [-0.3, -0.25) is 4.79 Å². The molecule has 1 aromatic heterocycles. The van der Waals surface area contributed by atoms with Gasteiger partial charge in [-0.15, -0.1) is 0 Å². The predicted molar refractivity (Wildman–Crippen MR) is 69.6 cm³/mol. The van der Waals surface area contributed by atoms with E-state index in [0.29, 0.717) is 17.3 Å². The van der Waals surface area contributed by atoms with Gasteiger partial charge >= 0.3 is 0 Å². The molecule has 1 heterocycles. The van der Waals surface area contributed by atoms with E-state index in [4.69, 9.17) is 5.73 Å². The lowest BCUT2D eigenvalue weighted by molar-refractivity contribution is 0.0935. The van der Waals surface area contributed by atoms with E-state index in [2.05, 4.69) is 24.1 Å². The highest BCUT2D eigenvalue weighted by atomic mass is 16.1. The zero-order valence-electron chi connectivity index (χ0n) is 10.7. The van der Waals surface area contributed by atoms with Crippen LogP contribution in [0.2, 0.25) is 0 Å². The minimum absolute atomic E-state index is 0.0895. The molecule has 1 rings (SSSR count). The molecule has 0 spiro atoms. The minimum Gasteiger partial charge on any atom is -0.384 e. The number of carbonyl (C=O) groups is 1. The van der Waals surface area contributed by atoms with Crippen LogP contribution in [0.25, 0.3) is 0 Å². The number of amides is 1. The van der Waals surface area contributed by atoms with E-state index in [1.54, 1.807) is 12.1 Å². The van der Waals surface area contributed by atoms with E-state index in [1.807, 2.05) is 6.92 Å². The van der Waals surface area contributed by atoms with Crippen molar-refractivity contribution >= 4 is 11.7 Å². The molecule has 2 unspecified atom stereocenters. The average molecular weight is 235 g/mol. The third-order valence-corrected chi connectivity index (χ3v) is 2.88. The van der Waals surface area contributed by atoms with Crippen LogP contribution in [0.5, 0.6) is 0 Å². The predicted octanol–water partition coefficient (Wildman–Crippen LogP) is 2.22. The Balaban J connectivity index is 2.51. The average Bonchev–Trinajstić information content (AvgIpc) is 2.29. The number of anilines is 1. The Morgan fingerprint density at radius 3 is 2.71 bits per heavy atom. The van der Waals surface area contributed by atoms with Crippen molar-refractivity contribution in [2.75, 3.05) is 5.73 Å². The highest BCUT2D eigenvalue weighted by Gasteiger charge is 2.12. The fourth-order valence-corrected chi connectivity index (χ4v) is 1.68. The Kier molecular flexibility index (Phi) is 4.94. The second kappa shape index (κ2) is 6.23. The van der Waals surface area contributed by atoms with Crippen molar-refractivity contribution in [3.05, 3.63) is 23.9 Å². The molecule has 1 amide bonds. The van der Waals surface area contributed by atoms with Crippen molar-refractivity contribution in [2.24, 2.45) is 5.92 Å². The zero-order valence-corrected chi connectivity index (χ0v) is 10.7. The number of pyridine rings is 1. The summed E-state index contributed by atoms with van der Waals surface area (Å²) in [6.07, 6.45) is 3.62.